The number of hydrogen-bond acceptors (Lipinski definition) is 5. The van der Waals surface area contributed by atoms with Gasteiger partial charge in [-0.3, -0.25) is 14.5 Å². The standard InChI is InChI=1S/C27H25NO5/c1-16-12-17(2)14-19(13-16)28-24(18-8-6-5-7-9-18)23(26(30)27(28)31)25(29)21-15-20(32-3)10-11-22(21)33-4/h5-15,24,29H,1-4H3/b25-23+. The monoisotopic (exact) mass is 443 g/mol. The number of rotatable bonds is 5. The van der Waals surface area contributed by atoms with Crippen LogP contribution in [0.3, 0.4) is 0 Å². The molecule has 0 bridgehead atoms. The summed E-state index contributed by atoms with van der Waals surface area (Å²) in [6.07, 6.45) is 0. The Hall–Kier alpha value is -4.06. The molecule has 0 aliphatic carbocycles. The largest absolute Gasteiger partial charge is 0.507 e. The lowest BCUT2D eigenvalue weighted by Gasteiger charge is -2.26. The summed E-state index contributed by atoms with van der Waals surface area (Å²) in [4.78, 5) is 28.1. The van der Waals surface area contributed by atoms with Gasteiger partial charge in [-0.15, -0.1) is 0 Å². The Labute approximate surface area is 192 Å². The fraction of sp³-hybridized carbons (Fsp3) is 0.185. The van der Waals surface area contributed by atoms with E-state index in [2.05, 4.69) is 0 Å². The molecular weight excluding hydrogens is 418 g/mol. The molecule has 0 radical (unpaired) electrons. The minimum atomic E-state index is -0.802. The van der Waals surface area contributed by atoms with Crippen molar-refractivity contribution >= 4 is 23.1 Å². The highest BCUT2D eigenvalue weighted by atomic mass is 16.5. The van der Waals surface area contributed by atoms with E-state index in [9.17, 15) is 14.7 Å². The summed E-state index contributed by atoms with van der Waals surface area (Å²) in [7, 11) is 2.98. The number of ketones is 1. The van der Waals surface area contributed by atoms with Crippen molar-refractivity contribution in [1.82, 2.24) is 0 Å². The van der Waals surface area contributed by atoms with Crippen molar-refractivity contribution in [2.75, 3.05) is 19.1 Å². The van der Waals surface area contributed by atoms with Crippen molar-refractivity contribution in [3.05, 3.63) is 94.6 Å². The topological polar surface area (TPSA) is 76.1 Å². The van der Waals surface area contributed by atoms with E-state index in [0.29, 0.717) is 22.7 Å². The predicted octanol–water partition coefficient (Wildman–Crippen LogP) is 4.95. The number of hydrogen-bond donors (Lipinski definition) is 1. The molecule has 168 valence electrons. The summed E-state index contributed by atoms with van der Waals surface area (Å²) in [6, 6.07) is 19.0. The molecule has 3 aromatic rings. The maximum Gasteiger partial charge on any atom is 0.300 e. The van der Waals surface area contributed by atoms with E-state index >= 15 is 0 Å². The van der Waals surface area contributed by atoms with Crippen LogP contribution in [0.4, 0.5) is 5.69 Å². The Morgan fingerprint density at radius 1 is 0.879 bits per heavy atom. The van der Waals surface area contributed by atoms with Gasteiger partial charge in [0.2, 0.25) is 0 Å². The molecule has 1 heterocycles. The number of aliphatic hydroxyl groups is 1. The third kappa shape index (κ3) is 3.96. The van der Waals surface area contributed by atoms with Crippen molar-refractivity contribution in [2.24, 2.45) is 0 Å². The minimum Gasteiger partial charge on any atom is -0.507 e. The third-order valence-electron chi connectivity index (χ3n) is 5.71. The summed E-state index contributed by atoms with van der Waals surface area (Å²) < 4.78 is 10.7. The molecule has 33 heavy (non-hydrogen) atoms. The van der Waals surface area contributed by atoms with Gasteiger partial charge in [0.15, 0.2) is 0 Å². The van der Waals surface area contributed by atoms with E-state index in [4.69, 9.17) is 9.47 Å². The van der Waals surface area contributed by atoms with Crippen molar-refractivity contribution in [1.29, 1.82) is 0 Å². The zero-order valence-electron chi connectivity index (χ0n) is 19.0. The smallest absolute Gasteiger partial charge is 0.300 e. The van der Waals surface area contributed by atoms with Crippen molar-refractivity contribution < 1.29 is 24.2 Å². The van der Waals surface area contributed by atoms with Gasteiger partial charge in [0.1, 0.15) is 17.3 Å². The average molecular weight is 443 g/mol. The molecule has 4 rings (SSSR count). The number of methoxy groups -OCH3 is 2. The van der Waals surface area contributed by atoms with E-state index in [1.165, 1.54) is 19.1 Å². The van der Waals surface area contributed by atoms with Gasteiger partial charge in [-0.1, -0.05) is 36.4 Å². The number of amides is 1. The van der Waals surface area contributed by atoms with Gasteiger partial charge in [0.25, 0.3) is 11.7 Å². The Morgan fingerprint density at radius 2 is 1.55 bits per heavy atom. The van der Waals surface area contributed by atoms with E-state index in [1.807, 2.05) is 62.4 Å². The highest BCUT2D eigenvalue weighted by Gasteiger charge is 2.47. The first-order valence-electron chi connectivity index (χ1n) is 10.5. The van der Waals surface area contributed by atoms with Crippen LogP contribution in [0.5, 0.6) is 11.5 Å². The summed E-state index contributed by atoms with van der Waals surface area (Å²) >= 11 is 0. The Bertz CT molecular complexity index is 1240. The number of carbonyl (C=O) groups excluding carboxylic acids is 2. The number of aryl methyl sites for hydroxylation is 2. The molecule has 1 saturated heterocycles. The first-order valence-corrected chi connectivity index (χ1v) is 10.5. The molecular formula is C27H25NO5. The summed E-state index contributed by atoms with van der Waals surface area (Å²) in [5.41, 5.74) is 3.51. The number of anilines is 1. The second-order valence-electron chi connectivity index (χ2n) is 7.99. The van der Waals surface area contributed by atoms with E-state index < -0.39 is 17.7 Å². The van der Waals surface area contributed by atoms with Gasteiger partial charge in [-0.25, -0.2) is 0 Å². The molecule has 1 aliphatic rings. The molecule has 0 spiro atoms. The Balaban J connectivity index is 1.99. The number of Topliss-reactive ketones (excluding diaryl/α,β-unsaturated/α-hetero) is 1. The highest BCUT2D eigenvalue weighted by molar-refractivity contribution is 6.51. The maximum atomic E-state index is 13.3. The molecule has 1 atom stereocenters. The van der Waals surface area contributed by atoms with Crippen LogP contribution >= 0.6 is 0 Å². The first kappa shape index (κ1) is 22.1. The number of ether oxygens (including phenoxy) is 2. The number of aliphatic hydroxyl groups excluding tert-OH is 1. The number of nitrogens with zero attached hydrogens (tertiary/aromatic N) is 1. The second-order valence-corrected chi connectivity index (χ2v) is 7.99. The fourth-order valence-corrected chi connectivity index (χ4v) is 4.28. The summed E-state index contributed by atoms with van der Waals surface area (Å²) in [5.74, 6) is -0.928. The first-order chi connectivity index (χ1) is 15.8. The molecule has 1 amide bonds. The Morgan fingerprint density at radius 3 is 2.15 bits per heavy atom. The average Bonchev–Trinajstić information content (AvgIpc) is 3.08. The second kappa shape index (κ2) is 8.82. The third-order valence-corrected chi connectivity index (χ3v) is 5.71. The molecule has 1 fully saturated rings. The Kier molecular flexibility index (Phi) is 5.92. The zero-order valence-corrected chi connectivity index (χ0v) is 19.0. The summed E-state index contributed by atoms with van der Waals surface area (Å²) in [6.45, 7) is 3.87. The van der Waals surface area contributed by atoms with Crippen LogP contribution in [-0.4, -0.2) is 31.0 Å². The fourth-order valence-electron chi connectivity index (χ4n) is 4.28. The lowest BCUT2D eigenvalue weighted by atomic mass is 9.94. The lowest BCUT2D eigenvalue weighted by molar-refractivity contribution is -0.132. The van der Waals surface area contributed by atoms with Gasteiger partial charge < -0.3 is 14.6 Å². The quantitative estimate of drug-likeness (QED) is 0.343. The van der Waals surface area contributed by atoms with Gasteiger partial charge >= 0.3 is 0 Å². The summed E-state index contributed by atoms with van der Waals surface area (Å²) in [5, 5.41) is 11.4. The molecule has 0 aromatic heterocycles. The molecule has 0 saturated carbocycles. The van der Waals surface area contributed by atoms with Crippen LogP contribution < -0.4 is 14.4 Å². The van der Waals surface area contributed by atoms with Crippen LogP contribution in [-0.2, 0) is 9.59 Å². The van der Waals surface area contributed by atoms with Crippen LogP contribution in [0, 0.1) is 13.8 Å². The van der Waals surface area contributed by atoms with Gasteiger partial charge in [-0.05, 0) is 60.9 Å². The van der Waals surface area contributed by atoms with Crippen LogP contribution in [0.1, 0.15) is 28.3 Å². The molecule has 1 aliphatic heterocycles. The molecule has 3 aromatic carbocycles. The number of benzene rings is 3. The van der Waals surface area contributed by atoms with E-state index in [1.54, 1.807) is 18.2 Å². The normalized spacial score (nSPS) is 17.3. The van der Waals surface area contributed by atoms with E-state index in [0.717, 1.165) is 11.1 Å². The SMILES string of the molecule is COc1ccc(OC)c(/C(O)=C2\C(=O)C(=O)N(c3cc(C)cc(C)c3)C2c2ccccc2)c1. The number of carbonyl (C=O) groups is 2. The van der Waals surface area contributed by atoms with E-state index in [-0.39, 0.29) is 16.9 Å². The molecule has 1 unspecified atom stereocenters. The zero-order chi connectivity index (χ0) is 23.7. The maximum absolute atomic E-state index is 13.3. The minimum absolute atomic E-state index is 0.00286. The van der Waals surface area contributed by atoms with Gasteiger partial charge in [0.05, 0.1) is 31.4 Å². The molecule has 6 heteroatoms. The van der Waals surface area contributed by atoms with Crippen LogP contribution in [0.2, 0.25) is 0 Å². The lowest BCUT2D eigenvalue weighted by Crippen LogP contribution is -2.29. The van der Waals surface area contributed by atoms with Crippen molar-refractivity contribution in [3.8, 4) is 11.5 Å². The molecule has 6 nitrogen and oxygen atoms in total. The van der Waals surface area contributed by atoms with Gasteiger partial charge in [-0.2, -0.15) is 0 Å². The van der Waals surface area contributed by atoms with Crippen LogP contribution in [0.15, 0.2) is 72.3 Å². The van der Waals surface area contributed by atoms with Crippen molar-refractivity contribution in [3.63, 3.8) is 0 Å². The van der Waals surface area contributed by atoms with Crippen LogP contribution in [0.25, 0.3) is 5.76 Å². The molecule has 1 N–H and O–H groups in total. The van der Waals surface area contributed by atoms with Gasteiger partial charge in [0, 0.05) is 5.69 Å². The predicted molar refractivity (Wildman–Crippen MR) is 127 cm³/mol. The van der Waals surface area contributed by atoms with Crippen molar-refractivity contribution in [2.45, 2.75) is 19.9 Å². The highest BCUT2D eigenvalue weighted by Crippen LogP contribution is 2.44.